The molecule has 140 valence electrons. The fourth-order valence-corrected chi connectivity index (χ4v) is 3.70. The summed E-state index contributed by atoms with van der Waals surface area (Å²) < 4.78 is 0. The second-order valence-electron chi connectivity index (χ2n) is 7.10. The number of hydrogen-bond donors (Lipinski definition) is 2. The van der Waals surface area contributed by atoms with Gasteiger partial charge < -0.3 is 10.2 Å². The summed E-state index contributed by atoms with van der Waals surface area (Å²) in [7, 11) is 0. The van der Waals surface area contributed by atoms with Crippen molar-refractivity contribution in [2.75, 3.05) is 13.2 Å². The predicted molar refractivity (Wildman–Crippen MR) is 112 cm³/mol. The summed E-state index contributed by atoms with van der Waals surface area (Å²) in [6, 6.07) is 20.7. The normalized spacial score (nSPS) is 18.4. The van der Waals surface area contributed by atoms with E-state index < -0.39 is 0 Å². The van der Waals surface area contributed by atoms with Crippen LogP contribution in [-0.4, -0.2) is 23.4 Å². The van der Waals surface area contributed by atoms with E-state index in [1.165, 1.54) is 11.1 Å². The van der Waals surface area contributed by atoms with E-state index in [0.717, 1.165) is 42.4 Å². The molecule has 0 bridgehead atoms. The minimum Gasteiger partial charge on any atom is -0.392 e. The average molecular weight is 360 g/mol. The van der Waals surface area contributed by atoms with Gasteiger partial charge in [-0.2, -0.15) is 0 Å². The van der Waals surface area contributed by atoms with Gasteiger partial charge in [-0.15, -0.1) is 0 Å². The molecule has 0 amide bonds. The Morgan fingerprint density at radius 3 is 2.00 bits per heavy atom. The molecule has 0 radical (unpaired) electrons. The van der Waals surface area contributed by atoms with Crippen molar-refractivity contribution in [2.45, 2.75) is 31.6 Å². The predicted octanol–water partition coefficient (Wildman–Crippen LogP) is 5.27. The van der Waals surface area contributed by atoms with Gasteiger partial charge in [0.15, 0.2) is 0 Å². The van der Waals surface area contributed by atoms with Crippen LogP contribution in [0.1, 0.15) is 42.7 Å². The first-order chi connectivity index (χ1) is 13.3. The molecule has 1 aliphatic carbocycles. The van der Waals surface area contributed by atoms with Crippen molar-refractivity contribution in [3.8, 4) is 0 Å². The summed E-state index contributed by atoms with van der Waals surface area (Å²) >= 11 is 0. The quantitative estimate of drug-likeness (QED) is 0.689. The molecular weight excluding hydrogens is 332 g/mol. The maximum atomic E-state index is 9.84. The van der Waals surface area contributed by atoms with Crippen LogP contribution >= 0.6 is 0 Å². The zero-order valence-electron chi connectivity index (χ0n) is 15.7. The summed E-state index contributed by atoms with van der Waals surface area (Å²) in [6.07, 6.45) is 10.4. The molecule has 1 fully saturated rings. The van der Waals surface area contributed by atoms with Gasteiger partial charge >= 0.3 is 0 Å². The van der Waals surface area contributed by atoms with Crippen LogP contribution in [-0.2, 0) is 0 Å². The van der Waals surface area contributed by atoms with E-state index in [1.807, 2.05) is 42.5 Å². The molecule has 2 aromatic rings. The fourth-order valence-electron chi connectivity index (χ4n) is 3.70. The molecule has 0 aromatic heterocycles. The van der Waals surface area contributed by atoms with Crippen molar-refractivity contribution >= 4 is 6.08 Å². The maximum absolute atomic E-state index is 9.84. The molecule has 0 heterocycles. The topological polar surface area (TPSA) is 40.5 Å². The number of allylic oxidation sites excluding steroid dienone is 1. The van der Waals surface area contributed by atoms with Crippen molar-refractivity contribution in [2.24, 2.45) is 0 Å². The Kier molecular flexibility index (Phi) is 7.20. The van der Waals surface area contributed by atoms with Gasteiger partial charge in [0.05, 0.1) is 13.2 Å². The zero-order chi connectivity index (χ0) is 18.9. The van der Waals surface area contributed by atoms with Gasteiger partial charge in [0.2, 0.25) is 0 Å². The molecule has 0 aliphatic heterocycles. The largest absolute Gasteiger partial charge is 0.392 e. The Morgan fingerprint density at radius 2 is 1.41 bits per heavy atom. The molecule has 2 nitrogen and oxygen atoms in total. The SMILES string of the molecule is OC/C(C=C1CCC(c2ccccc2)CC1)=C(/C=C/c1ccccc1)CO. The molecule has 2 N–H and O–H groups in total. The van der Waals surface area contributed by atoms with E-state index in [9.17, 15) is 10.2 Å². The fraction of sp³-hybridized carbons (Fsp3) is 0.280. The minimum absolute atomic E-state index is 0.0549. The molecule has 0 spiro atoms. The molecule has 2 heteroatoms. The second-order valence-corrected chi connectivity index (χ2v) is 7.10. The van der Waals surface area contributed by atoms with Gasteiger partial charge in [0.25, 0.3) is 0 Å². The van der Waals surface area contributed by atoms with Gasteiger partial charge in [0.1, 0.15) is 0 Å². The number of rotatable bonds is 6. The Bertz CT molecular complexity index is 791. The Labute approximate surface area is 162 Å². The highest BCUT2D eigenvalue weighted by atomic mass is 16.3. The lowest BCUT2D eigenvalue weighted by Gasteiger charge is -2.24. The van der Waals surface area contributed by atoms with Crippen LogP contribution in [0, 0.1) is 0 Å². The average Bonchev–Trinajstić information content (AvgIpc) is 2.75. The van der Waals surface area contributed by atoms with Crippen molar-refractivity contribution < 1.29 is 10.2 Å². The van der Waals surface area contributed by atoms with Gasteiger partial charge in [-0.1, -0.05) is 84.5 Å². The van der Waals surface area contributed by atoms with Gasteiger partial charge in [-0.3, -0.25) is 0 Å². The lowest BCUT2D eigenvalue weighted by molar-refractivity contribution is 0.317. The molecular formula is C25H28O2. The van der Waals surface area contributed by atoms with Gasteiger partial charge in [-0.25, -0.2) is 0 Å². The Hall–Kier alpha value is -2.42. The van der Waals surface area contributed by atoms with Gasteiger partial charge in [0, 0.05) is 0 Å². The second kappa shape index (κ2) is 10.1. The first-order valence-corrected chi connectivity index (χ1v) is 9.71. The molecule has 0 saturated heterocycles. The van der Waals surface area contributed by atoms with Gasteiger partial charge in [-0.05, 0) is 53.9 Å². The first kappa shape index (κ1) is 19.3. The Balaban J connectivity index is 1.71. The van der Waals surface area contributed by atoms with E-state index in [2.05, 4.69) is 36.4 Å². The molecule has 27 heavy (non-hydrogen) atoms. The number of aliphatic hydroxyl groups is 2. The molecule has 3 rings (SSSR count). The van der Waals surface area contributed by atoms with E-state index >= 15 is 0 Å². The van der Waals surface area contributed by atoms with Crippen LogP contribution in [0.2, 0.25) is 0 Å². The summed E-state index contributed by atoms with van der Waals surface area (Å²) in [4.78, 5) is 0. The molecule has 0 unspecified atom stereocenters. The van der Waals surface area contributed by atoms with Crippen molar-refractivity contribution in [1.82, 2.24) is 0 Å². The first-order valence-electron chi connectivity index (χ1n) is 9.71. The van der Waals surface area contributed by atoms with Crippen molar-refractivity contribution in [1.29, 1.82) is 0 Å². The van der Waals surface area contributed by atoms with Crippen molar-refractivity contribution in [3.63, 3.8) is 0 Å². The van der Waals surface area contributed by atoms with Crippen LogP contribution in [0.15, 0.2) is 89.5 Å². The highest BCUT2D eigenvalue weighted by molar-refractivity contribution is 5.54. The smallest absolute Gasteiger partial charge is 0.0685 e. The zero-order valence-corrected chi connectivity index (χ0v) is 15.7. The molecule has 1 saturated carbocycles. The van der Waals surface area contributed by atoms with E-state index in [4.69, 9.17) is 0 Å². The number of aliphatic hydroxyl groups excluding tert-OH is 2. The van der Waals surface area contributed by atoms with Crippen LogP contribution in [0.5, 0.6) is 0 Å². The van der Waals surface area contributed by atoms with E-state index in [0.29, 0.717) is 5.92 Å². The summed E-state index contributed by atoms with van der Waals surface area (Å²) in [5.41, 5.74) is 5.47. The third kappa shape index (κ3) is 5.53. The molecule has 0 atom stereocenters. The van der Waals surface area contributed by atoms with Crippen molar-refractivity contribution in [3.05, 3.63) is 101 Å². The third-order valence-electron chi connectivity index (χ3n) is 5.31. The van der Waals surface area contributed by atoms with Crippen LogP contribution in [0.3, 0.4) is 0 Å². The van der Waals surface area contributed by atoms with E-state index in [1.54, 1.807) is 0 Å². The standard InChI is InChI=1S/C25H28O2/c26-18-24(16-11-20-7-3-1-4-8-20)25(19-27)17-21-12-14-23(15-13-21)22-9-5-2-6-10-22/h1-11,16-17,23,26-27H,12-15,18-19H2/b16-11+,21-17?,25-24-. The number of hydrogen-bond acceptors (Lipinski definition) is 2. The third-order valence-corrected chi connectivity index (χ3v) is 5.31. The monoisotopic (exact) mass is 360 g/mol. The number of benzene rings is 2. The van der Waals surface area contributed by atoms with Crippen LogP contribution in [0.4, 0.5) is 0 Å². The minimum atomic E-state index is -0.0738. The summed E-state index contributed by atoms with van der Waals surface area (Å²) in [5.74, 6) is 0.625. The molecule has 2 aromatic carbocycles. The Morgan fingerprint density at radius 1 is 0.815 bits per heavy atom. The highest BCUT2D eigenvalue weighted by Crippen LogP contribution is 2.35. The van der Waals surface area contributed by atoms with E-state index in [-0.39, 0.29) is 13.2 Å². The summed E-state index contributed by atoms with van der Waals surface area (Å²) in [5, 5.41) is 19.6. The lowest BCUT2D eigenvalue weighted by atomic mass is 9.81. The lowest BCUT2D eigenvalue weighted by Crippen LogP contribution is -2.07. The summed E-state index contributed by atoms with van der Waals surface area (Å²) in [6.45, 7) is -0.129. The maximum Gasteiger partial charge on any atom is 0.0685 e. The van der Waals surface area contributed by atoms with Crippen LogP contribution < -0.4 is 0 Å². The molecule has 1 aliphatic rings. The highest BCUT2D eigenvalue weighted by Gasteiger charge is 2.18. The van der Waals surface area contributed by atoms with Crippen LogP contribution in [0.25, 0.3) is 6.08 Å².